The number of amides is 1. The van der Waals surface area contributed by atoms with Crippen LogP contribution in [-0.4, -0.2) is 68.0 Å². The molecule has 1 amide bonds. The van der Waals surface area contributed by atoms with Crippen LogP contribution in [0, 0.1) is 0 Å². The van der Waals surface area contributed by atoms with Crippen molar-refractivity contribution in [2.45, 2.75) is 19.1 Å². The molecule has 0 saturated heterocycles. The Bertz CT molecular complexity index is 1170. The van der Waals surface area contributed by atoms with Crippen molar-refractivity contribution in [1.29, 1.82) is 0 Å². The van der Waals surface area contributed by atoms with E-state index in [1.54, 1.807) is 12.1 Å². The van der Waals surface area contributed by atoms with Gasteiger partial charge in [-0.15, -0.1) is 0 Å². The Morgan fingerprint density at radius 3 is 2.40 bits per heavy atom. The van der Waals surface area contributed by atoms with E-state index >= 15 is 0 Å². The molecule has 3 N–H and O–H groups in total. The third-order valence-corrected chi connectivity index (χ3v) is 5.10. The SMILES string of the molecule is COc1ccc(C=C2Oc3cc(OCC(=O)N[C@@H](C(=O)O)[C@H](C)O)ccc3C2=O)c(OC)c1OC. The summed E-state index contributed by atoms with van der Waals surface area (Å²) < 4.78 is 27.2. The number of carboxylic acids is 1. The summed E-state index contributed by atoms with van der Waals surface area (Å²) in [6, 6.07) is 6.32. The van der Waals surface area contributed by atoms with Gasteiger partial charge < -0.3 is 39.2 Å². The van der Waals surface area contributed by atoms with Gasteiger partial charge >= 0.3 is 5.97 Å². The number of ketones is 1. The van der Waals surface area contributed by atoms with E-state index in [-0.39, 0.29) is 23.0 Å². The third-order valence-electron chi connectivity index (χ3n) is 5.10. The molecule has 0 bridgehead atoms. The number of carbonyl (C=O) groups excluding carboxylic acids is 2. The number of allylic oxidation sites excluding steroid dienone is 1. The summed E-state index contributed by atoms with van der Waals surface area (Å²) in [4.78, 5) is 35.9. The Balaban J connectivity index is 1.76. The van der Waals surface area contributed by atoms with Crippen molar-refractivity contribution >= 4 is 23.7 Å². The maximum atomic E-state index is 12.8. The molecule has 35 heavy (non-hydrogen) atoms. The molecule has 2 atom stereocenters. The molecule has 11 nitrogen and oxygen atoms in total. The van der Waals surface area contributed by atoms with E-state index in [2.05, 4.69) is 5.32 Å². The normalized spacial score (nSPS) is 15.0. The van der Waals surface area contributed by atoms with Crippen LogP contribution in [0.15, 0.2) is 36.1 Å². The predicted molar refractivity (Wildman–Crippen MR) is 122 cm³/mol. The van der Waals surface area contributed by atoms with Gasteiger partial charge in [-0.1, -0.05) is 0 Å². The van der Waals surface area contributed by atoms with Gasteiger partial charge in [0.25, 0.3) is 5.91 Å². The van der Waals surface area contributed by atoms with Gasteiger partial charge in [0.2, 0.25) is 11.5 Å². The molecule has 2 aromatic rings. The van der Waals surface area contributed by atoms with Gasteiger partial charge in [0.05, 0.1) is 33.0 Å². The number of carboxylic acid groups (broad SMARTS) is 1. The zero-order valence-electron chi connectivity index (χ0n) is 19.5. The van der Waals surface area contributed by atoms with E-state index in [1.165, 1.54) is 52.5 Å². The Kier molecular flexibility index (Phi) is 7.82. The first-order valence-corrected chi connectivity index (χ1v) is 10.4. The number of Topliss-reactive ketones (excluding diaryl/α,β-unsaturated/α-hetero) is 1. The molecule has 3 rings (SSSR count). The topological polar surface area (TPSA) is 150 Å². The summed E-state index contributed by atoms with van der Waals surface area (Å²) in [6.07, 6.45) is 0.226. The summed E-state index contributed by atoms with van der Waals surface area (Å²) in [5.74, 6) is -0.793. The minimum atomic E-state index is -1.46. The van der Waals surface area contributed by atoms with Crippen molar-refractivity contribution in [1.82, 2.24) is 5.32 Å². The van der Waals surface area contributed by atoms with Crippen LogP contribution in [0.4, 0.5) is 0 Å². The standard InChI is InChI=1S/C24H25NO10/c1-12(26)20(24(29)30)25-19(27)11-34-14-6-7-15-17(10-14)35-18(21(15)28)9-13-5-8-16(31-2)23(33-4)22(13)32-3/h5-10,12,20,26H,11H2,1-4H3,(H,25,27)(H,29,30)/t12-,20+/m0/s1. The molecule has 0 unspecified atom stereocenters. The van der Waals surface area contributed by atoms with Gasteiger partial charge in [0.1, 0.15) is 11.5 Å². The summed E-state index contributed by atoms with van der Waals surface area (Å²) >= 11 is 0. The molecule has 186 valence electrons. The molecule has 1 aliphatic rings. The zero-order valence-corrected chi connectivity index (χ0v) is 19.5. The van der Waals surface area contributed by atoms with E-state index in [0.29, 0.717) is 28.4 Å². The largest absolute Gasteiger partial charge is 0.493 e. The number of methoxy groups -OCH3 is 3. The quantitative estimate of drug-likeness (QED) is 0.422. The average Bonchev–Trinajstić information content (AvgIpc) is 3.14. The van der Waals surface area contributed by atoms with Gasteiger partial charge in [0.15, 0.2) is 29.9 Å². The number of ether oxygens (including phenoxy) is 5. The van der Waals surface area contributed by atoms with E-state index in [1.807, 2.05) is 0 Å². The number of fused-ring (bicyclic) bond motifs is 1. The van der Waals surface area contributed by atoms with Crippen LogP contribution in [0.25, 0.3) is 6.08 Å². The molecule has 0 aliphatic carbocycles. The Morgan fingerprint density at radius 1 is 1.09 bits per heavy atom. The Labute approximate surface area is 200 Å². The van der Waals surface area contributed by atoms with Crippen LogP contribution in [0.3, 0.4) is 0 Å². The number of aliphatic hydroxyl groups excluding tert-OH is 1. The zero-order chi connectivity index (χ0) is 25.7. The van der Waals surface area contributed by atoms with Crippen LogP contribution in [0.5, 0.6) is 28.7 Å². The van der Waals surface area contributed by atoms with E-state index in [9.17, 15) is 19.5 Å². The minimum Gasteiger partial charge on any atom is -0.493 e. The number of aliphatic carboxylic acids is 1. The fourth-order valence-corrected chi connectivity index (χ4v) is 3.39. The third kappa shape index (κ3) is 5.46. The van der Waals surface area contributed by atoms with E-state index in [0.717, 1.165) is 0 Å². The molecule has 0 radical (unpaired) electrons. The number of hydrogen-bond donors (Lipinski definition) is 3. The number of nitrogens with one attached hydrogen (secondary N) is 1. The molecular weight excluding hydrogens is 462 g/mol. The molecule has 0 saturated carbocycles. The van der Waals surface area contributed by atoms with E-state index in [4.69, 9.17) is 28.8 Å². The van der Waals surface area contributed by atoms with Crippen LogP contribution in [0.2, 0.25) is 0 Å². The molecule has 2 aromatic carbocycles. The first-order chi connectivity index (χ1) is 16.7. The van der Waals surface area contributed by atoms with Crippen LogP contribution < -0.4 is 29.0 Å². The molecule has 11 heteroatoms. The maximum absolute atomic E-state index is 12.8. The molecule has 0 fully saturated rings. The second-order valence-electron chi connectivity index (χ2n) is 7.43. The van der Waals surface area contributed by atoms with E-state index < -0.39 is 30.6 Å². The summed E-state index contributed by atoms with van der Waals surface area (Å²) in [5.41, 5.74) is 0.827. The lowest BCUT2D eigenvalue weighted by atomic mass is 10.1. The van der Waals surface area contributed by atoms with Crippen molar-refractivity contribution in [2.75, 3.05) is 27.9 Å². The summed E-state index contributed by atoms with van der Waals surface area (Å²) in [6.45, 7) is 0.742. The Morgan fingerprint density at radius 2 is 1.80 bits per heavy atom. The fourth-order valence-electron chi connectivity index (χ4n) is 3.39. The van der Waals surface area contributed by atoms with Crippen molar-refractivity contribution in [3.05, 3.63) is 47.2 Å². The van der Waals surface area contributed by atoms with Crippen LogP contribution in [0.1, 0.15) is 22.8 Å². The summed E-state index contributed by atoms with van der Waals surface area (Å²) in [7, 11) is 4.43. The van der Waals surface area contributed by atoms with Crippen molar-refractivity contribution < 1.29 is 48.3 Å². The molecule has 0 aromatic heterocycles. The Hall–Kier alpha value is -4.25. The van der Waals surface area contributed by atoms with Crippen molar-refractivity contribution in [3.8, 4) is 28.7 Å². The van der Waals surface area contributed by atoms with Crippen molar-refractivity contribution in [3.63, 3.8) is 0 Å². The first kappa shape index (κ1) is 25.4. The van der Waals surface area contributed by atoms with Crippen LogP contribution >= 0.6 is 0 Å². The van der Waals surface area contributed by atoms with Crippen molar-refractivity contribution in [2.24, 2.45) is 0 Å². The smallest absolute Gasteiger partial charge is 0.328 e. The lowest BCUT2D eigenvalue weighted by molar-refractivity contribution is -0.145. The number of rotatable bonds is 10. The summed E-state index contributed by atoms with van der Waals surface area (Å²) in [5, 5.41) is 20.7. The molecule has 1 heterocycles. The van der Waals surface area contributed by atoms with Crippen LogP contribution in [-0.2, 0) is 9.59 Å². The van der Waals surface area contributed by atoms with Gasteiger partial charge in [-0.2, -0.15) is 0 Å². The number of aliphatic hydroxyl groups is 1. The molecule has 1 aliphatic heterocycles. The van der Waals surface area contributed by atoms with Gasteiger partial charge in [-0.25, -0.2) is 4.79 Å². The highest BCUT2D eigenvalue weighted by Crippen LogP contribution is 2.42. The highest BCUT2D eigenvalue weighted by Gasteiger charge is 2.29. The molecule has 0 spiro atoms. The second-order valence-corrected chi connectivity index (χ2v) is 7.43. The monoisotopic (exact) mass is 487 g/mol. The minimum absolute atomic E-state index is 0.0432. The highest BCUT2D eigenvalue weighted by atomic mass is 16.5. The first-order valence-electron chi connectivity index (χ1n) is 10.4. The lowest BCUT2D eigenvalue weighted by Gasteiger charge is -2.17. The predicted octanol–water partition coefficient (Wildman–Crippen LogP) is 1.66. The van der Waals surface area contributed by atoms with Gasteiger partial charge in [-0.05, 0) is 37.3 Å². The van der Waals surface area contributed by atoms with Gasteiger partial charge in [0, 0.05) is 11.6 Å². The second kappa shape index (κ2) is 10.8. The fraction of sp³-hybridized carbons (Fsp3) is 0.292. The van der Waals surface area contributed by atoms with Gasteiger partial charge in [-0.3, -0.25) is 9.59 Å². The lowest BCUT2D eigenvalue weighted by Crippen LogP contribution is -2.49. The number of hydrogen-bond acceptors (Lipinski definition) is 9. The highest BCUT2D eigenvalue weighted by molar-refractivity contribution is 6.14. The molecular formula is C24H25NO10. The average molecular weight is 487 g/mol. The maximum Gasteiger partial charge on any atom is 0.328 e. The number of benzene rings is 2. The number of carbonyl (C=O) groups is 3.